The van der Waals surface area contributed by atoms with Crippen molar-refractivity contribution >= 4 is 0 Å². The van der Waals surface area contributed by atoms with Gasteiger partial charge in [0.05, 0.1) is 5.60 Å². The van der Waals surface area contributed by atoms with Crippen molar-refractivity contribution in [2.24, 2.45) is 0 Å². The third-order valence-electron chi connectivity index (χ3n) is 3.82. The van der Waals surface area contributed by atoms with Crippen LogP contribution in [0.15, 0.2) is 30.3 Å². The van der Waals surface area contributed by atoms with Gasteiger partial charge in [0.25, 0.3) is 0 Å². The third kappa shape index (κ3) is 2.07. The molecule has 1 aromatic rings. The summed E-state index contributed by atoms with van der Waals surface area (Å²) in [6.45, 7) is 2.10. The van der Waals surface area contributed by atoms with E-state index in [2.05, 4.69) is 31.2 Å². The highest BCUT2D eigenvalue weighted by molar-refractivity contribution is 5.23. The van der Waals surface area contributed by atoms with Gasteiger partial charge in [0.2, 0.25) is 0 Å². The molecule has 0 bridgehead atoms. The second-order valence-electron chi connectivity index (χ2n) is 4.67. The lowest BCUT2D eigenvalue weighted by Crippen LogP contribution is -2.38. The first-order valence-corrected chi connectivity index (χ1v) is 6.03. The molecule has 82 valence electrons. The van der Waals surface area contributed by atoms with Crippen molar-refractivity contribution in [3.63, 3.8) is 0 Å². The molecule has 1 heteroatoms. The van der Waals surface area contributed by atoms with Gasteiger partial charge in [-0.25, -0.2) is 0 Å². The second kappa shape index (κ2) is 4.36. The van der Waals surface area contributed by atoms with Gasteiger partial charge in [-0.2, -0.15) is 0 Å². The first-order valence-electron chi connectivity index (χ1n) is 6.03. The highest BCUT2D eigenvalue weighted by Gasteiger charge is 2.37. The van der Waals surface area contributed by atoms with Gasteiger partial charge < -0.3 is 5.11 Å². The summed E-state index contributed by atoms with van der Waals surface area (Å²) in [6, 6.07) is 10.5. The smallest absolute Gasteiger partial charge is 0.0713 e. The molecule has 0 saturated heterocycles. The van der Waals surface area contributed by atoms with Crippen molar-refractivity contribution in [2.75, 3.05) is 0 Å². The average molecular weight is 204 g/mol. The van der Waals surface area contributed by atoms with Crippen LogP contribution in [0.4, 0.5) is 0 Å². The van der Waals surface area contributed by atoms with Gasteiger partial charge >= 0.3 is 0 Å². The maximum atomic E-state index is 10.6. The fraction of sp³-hybridized carbons (Fsp3) is 0.571. The number of hydrogen-bond acceptors (Lipinski definition) is 1. The normalized spacial score (nSPS) is 31.5. The minimum Gasteiger partial charge on any atom is -0.389 e. The average Bonchev–Trinajstić information content (AvgIpc) is 2.31. The monoisotopic (exact) mass is 204 g/mol. The zero-order valence-corrected chi connectivity index (χ0v) is 9.45. The van der Waals surface area contributed by atoms with E-state index in [1.54, 1.807) is 0 Å². The summed E-state index contributed by atoms with van der Waals surface area (Å²) in [5.41, 5.74) is 0.848. The topological polar surface area (TPSA) is 20.2 Å². The molecule has 2 atom stereocenters. The summed E-state index contributed by atoms with van der Waals surface area (Å²) >= 11 is 0. The van der Waals surface area contributed by atoms with Crippen LogP contribution in [0.1, 0.15) is 50.5 Å². The van der Waals surface area contributed by atoms with Gasteiger partial charge in [-0.05, 0) is 24.8 Å². The van der Waals surface area contributed by atoms with Gasteiger partial charge in [-0.1, -0.05) is 50.1 Å². The largest absolute Gasteiger partial charge is 0.389 e. The van der Waals surface area contributed by atoms with E-state index in [0.29, 0.717) is 5.92 Å². The Kier molecular flexibility index (Phi) is 3.11. The standard InChI is InChI=1S/C14H20O/c1-2-14(15)11-7-6-10-13(14)12-8-4-3-5-9-12/h3-5,8-9,13,15H,2,6-7,10-11H2,1H3. The van der Waals surface area contributed by atoms with Crippen molar-refractivity contribution in [3.8, 4) is 0 Å². The van der Waals surface area contributed by atoms with E-state index in [1.165, 1.54) is 18.4 Å². The molecule has 1 aliphatic rings. The maximum Gasteiger partial charge on any atom is 0.0713 e. The Hall–Kier alpha value is -0.820. The van der Waals surface area contributed by atoms with Crippen molar-refractivity contribution < 1.29 is 5.11 Å². The molecular formula is C14H20O. The van der Waals surface area contributed by atoms with Crippen LogP contribution in [0.3, 0.4) is 0 Å². The molecule has 1 N–H and O–H groups in total. The molecule has 2 unspecified atom stereocenters. The van der Waals surface area contributed by atoms with Crippen LogP contribution in [0.25, 0.3) is 0 Å². The fourth-order valence-electron chi connectivity index (χ4n) is 2.81. The zero-order chi connectivity index (χ0) is 10.7. The highest BCUT2D eigenvalue weighted by Crippen LogP contribution is 2.42. The van der Waals surface area contributed by atoms with E-state index in [-0.39, 0.29) is 0 Å². The van der Waals surface area contributed by atoms with Gasteiger partial charge in [0.15, 0.2) is 0 Å². The molecule has 1 aliphatic carbocycles. The van der Waals surface area contributed by atoms with E-state index in [9.17, 15) is 5.11 Å². The molecule has 15 heavy (non-hydrogen) atoms. The molecule has 1 fully saturated rings. The molecule has 1 aromatic carbocycles. The molecule has 0 heterocycles. The van der Waals surface area contributed by atoms with E-state index in [1.807, 2.05) is 6.07 Å². The predicted molar refractivity (Wildman–Crippen MR) is 62.9 cm³/mol. The number of hydrogen-bond donors (Lipinski definition) is 1. The minimum atomic E-state index is -0.459. The summed E-state index contributed by atoms with van der Waals surface area (Å²) in [4.78, 5) is 0. The minimum absolute atomic E-state index is 0.345. The maximum absolute atomic E-state index is 10.6. The first-order chi connectivity index (χ1) is 7.26. The van der Waals surface area contributed by atoms with Crippen molar-refractivity contribution in [2.45, 2.75) is 50.5 Å². The number of benzene rings is 1. The van der Waals surface area contributed by atoms with E-state index >= 15 is 0 Å². The number of aliphatic hydroxyl groups is 1. The molecule has 1 nitrogen and oxygen atoms in total. The van der Waals surface area contributed by atoms with E-state index < -0.39 is 5.60 Å². The van der Waals surface area contributed by atoms with Crippen LogP contribution >= 0.6 is 0 Å². The Morgan fingerprint density at radius 1 is 1.27 bits per heavy atom. The van der Waals surface area contributed by atoms with Crippen LogP contribution in [-0.2, 0) is 0 Å². The van der Waals surface area contributed by atoms with Crippen molar-refractivity contribution in [3.05, 3.63) is 35.9 Å². The molecule has 0 radical (unpaired) electrons. The summed E-state index contributed by atoms with van der Waals surface area (Å²) < 4.78 is 0. The SMILES string of the molecule is CCC1(O)CCCCC1c1ccccc1. The van der Waals surface area contributed by atoms with Crippen LogP contribution in [0.5, 0.6) is 0 Å². The lowest BCUT2D eigenvalue weighted by atomic mass is 9.71. The Bertz CT molecular complexity index is 306. The van der Waals surface area contributed by atoms with E-state index in [0.717, 1.165) is 19.3 Å². The zero-order valence-electron chi connectivity index (χ0n) is 9.45. The summed E-state index contributed by atoms with van der Waals surface area (Å²) in [6.07, 6.45) is 5.39. The van der Waals surface area contributed by atoms with Gasteiger partial charge in [0.1, 0.15) is 0 Å². The summed E-state index contributed by atoms with van der Waals surface area (Å²) in [5.74, 6) is 0.345. The Labute approximate surface area is 92.1 Å². The molecule has 2 rings (SSSR count). The van der Waals surface area contributed by atoms with Crippen LogP contribution in [0, 0.1) is 0 Å². The number of rotatable bonds is 2. The molecule has 0 aliphatic heterocycles. The van der Waals surface area contributed by atoms with E-state index in [4.69, 9.17) is 0 Å². The quantitative estimate of drug-likeness (QED) is 0.782. The van der Waals surface area contributed by atoms with Crippen LogP contribution < -0.4 is 0 Å². The Morgan fingerprint density at radius 2 is 2.00 bits per heavy atom. The fourth-order valence-corrected chi connectivity index (χ4v) is 2.81. The first kappa shape index (κ1) is 10.7. The van der Waals surface area contributed by atoms with Gasteiger partial charge in [-0.15, -0.1) is 0 Å². The Balaban J connectivity index is 2.26. The lowest BCUT2D eigenvalue weighted by molar-refractivity contribution is -0.0203. The lowest BCUT2D eigenvalue weighted by Gasteiger charge is -2.39. The van der Waals surface area contributed by atoms with Gasteiger partial charge in [0, 0.05) is 5.92 Å². The van der Waals surface area contributed by atoms with Crippen LogP contribution in [-0.4, -0.2) is 10.7 Å². The van der Waals surface area contributed by atoms with Crippen molar-refractivity contribution in [1.82, 2.24) is 0 Å². The predicted octanol–water partition coefficient (Wildman–Crippen LogP) is 3.49. The Morgan fingerprint density at radius 3 is 2.67 bits per heavy atom. The summed E-state index contributed by atoms with van der Waals surface area (Å²) in [7, 11) is 0. The van der Waals surface area contributed by atoms with Crippen LogP contribution in [0.2, 0.25) is 0 Å². The summed E-state index contributed by atoms with van der Waals surface area (Å²) in [5, 5.41) is 10.6. The second-order valence-corrected chi connectivity index (χ2v) is 4.67. The molecular weight excluding hydrogens is 184 g/mol. The molecule has 0 amide bonds. The highest BCUT2D eigenvalue weighted by atomic mass is 16.3. The molecule has 0 spiro atoms. The molecule has 1 saturated carbocycles. The third-order valence-corrected chi connectivity index (χ3v) is 3.82. The van der Waals surface area contributed by atoms with Gasteiger partial charge in [-0.3, -0.25) is 0 Å². The van der Waals surface area contributed by atoms with Crippen molar-refractivity contribution in [1.29, 1.82) is 0 Å². The molecule has 0 aromatic heterocycles.